The Balaban J connectivity index is 1.77. The van der Waals surface area contributed by atoms with Crippen molar-refractivity contribution in [3.63, 3.8) is 0 Å². The van der Waals surface area contributed by atoms with Crippen LogP contribution in [0.15, 0.2) is 48.5 Å². The highest BCUT2D eigenvalue weighted by molar-refractivity contribution is 7.13. The second-order valence-electron chi connectivity index (χ2n) is 5.67. The van der Waals surface area contributed by atoms with Crippen molar-refractivity contribution in [2.75, 3.05) is 0 Å². The van der Waals surface area contributed by atoms with Gasteiger partial charge in [-0.25, -0.2) is 4.98 Å². The molecule has 1 aliphatic rings. The molecule has 1 heterocycles. The third-order valence-corrected chi connectivity index (χ3v) is 5.52. The summed E-state index contributed by atoms with van der Waals surface area (Å²) in [7, 11) is 0. The number of fused-ring (bicyclic) bond motifs is 3. The fourth-order valence-electron chi connectivity index (χ4n) is 2.93. The average Bonchev–Trinajstić information content (AvgIpc) is 3.06. The molecule has 0 saturated carbocycles. The second kappa shape index (κ2) is 6.24. The summed E-state index contributed by atoms with van der Waals surface area (Å²) in [6.07, 6.45) is 3.89. The van der Waals surface area contributed by atoms with Crippen molar-refractivity contribution in [3.05, 3.63) is 74.6 Å². The van der Waals surface area contributed by atoms with Gasteiger partial charge in [0.15, 0.2) is 0 Å². The summed E-state index contributed by atoms with van der Waals surface area (Å²) in [6, 6.07) is 18.1. The van der Waals surface area contributed by atoms with Gasteiger partial charge in [-0.3, -0.25) is 0 Å². The van der Waals surface area contributed by atoms with Gasteiger partial charge < -0.3 is 0 Å². The molecule has 1 aromatic heterocycles. The minimum Gasteiger partial charge on any atom is -0.235 e. The molecule has 0 N–H and O–H groups in total. The minimum atomic E-state index is 0.592. The highest BCUT2D eigenvalue weighted by Gasteiger charge is 2.21. The number of nitrogens with zero attached hydrogens (tertiary/aromatic N) is 2. The van der Waals surface area contributed by atoms with E-state index in [9.17, 15) is 5.26 Å². The molecule has 0 fully saturated rings. The Kier molecular flexibility index (Phi) is 3.93. The zero-order chi connectivity index (χ0) is 16.5. The van der Waals surface area contributed by atoms with Crippen LogP contribution in [-0.2, 0) is 12.8 Å². The molecule has 0 amide bonds. The summed E-state index contributed by atoms with van der Waals surface area (Å²) in [5.41, 5.74) is 5.11. The maximum atomic E-state index is 9.57. The van der Waals surface area contributed by atoms with Gasteiger partial charge in [-0.15, -0.1) is 11.3 Å². The molecule has 0 unspecified atom stereocenters. The molecule has 1 aliphatic carbocycles. The number of nitriles is 1. The molecule has 0 spiro atoms. The molecule has 2 aromatic carbocycles. The lowest BCUT2D eigenvalue weighted by Gasteiger charge is -2.13. The summed E-state index contributed by atoms with van der Waals surface area (Å²) < 4.78 is 0. The van der Waals surface area contributed by atoms with Crippen molar-refractivity contribution >= 4 is 34.6 Å². The highest BCUT2D eigenvalue weighted by atomic mass is 35.5. The van der Waals surface area contributed by atoms with Crippen LogP contribution in [0.25, 0.3) is 22.9 Å². The first-order valence-corrected chi connectivity index (χ1v) is 8.90. The second-order valence-corrected chi connectivity index (χ2v) is 7.19. The van der Waals surface area contributed by atoms with E-state index >= 15 is 0 Å². The van der Waals surface area contributed by atoms with Crippen LogP contribution in [0.4, 0.5) is 0 Å². The molecule has 24 heavy (non-hydrogen) atoms. The van der Waals surface area contributed by atoms with Gasteiger partial charge in [0, 0.05) is 15.5 Å². The van der Waals surface area contributed by atoms with E-state index in [1.807, 2.05) is 36.4 Å². The van der Waals surface area contributed by atoms with Crippen molar-refractivity contribution in [1.29, 1.82) is 5.26 Å². The Bertz CT molecular complexity index is 978. The van der Waals surface area contributed by atoms with Crippen molar-refractivity contribution < 1.29 is 0 Å². The lowest BCUT2D eigenvalue weighted by atomic mass is 9.94. The van der Waals surface area contributed by atoms with E-state index in [1.54, 1.807) is 11.3 Å². The van der Waals surface area contributed by atoms with Crippen LogP contribution < -0.4 is 0 Å². The number of benzene rings is 2. The molecule has 0 radical (unpaired) electrons. The highest BCUT2D eigenvalue weighted by Crippen LogP contribution is 2.38. The van der Waals surface area contributed by atoms with Crippen LogP contribution in [0.3, 0.4) is 0 Å². The van der Waals surface area contributed by atoms with Crippen molar-refractivity contribution in [2.24, 2.45) is 0 Å². The summed E-state index contributed by atoms with van der Waals surface area (Å²) in [5.74, 6) is 0. The van der Waals surface area contributed by atoms with Crippen LogP contribution in [0.2, 0.25) is 5.02 Å². The zero-order valence-electron chi connectivity index (χ0n) is 12.8. The SMILES string of the molecule is N#C/C(=C\c1ccc(Cl)cc1)c1nc2c(s1)CCc1ccccc1-2. The first-order chi connectivity index (χ1) is 11.7. The van der Waals surface area contributed by atoms with Crippen LogP contribution in [0.1, 0.15) is 21.0 Å². The largest absolute Gasteiger partial charge is 0.235 e. The number of halogens is 1. The van der Waals surface area contributed by atoms with Gasteiger partial charge in [0.25, 0.3) is 0 Å². The predicted molar refractivity (Wildman–Crippen MR) is 99.9 cm³/mol. The topological polar surface area (TPSA) is 36.7 Å². The standard InChI is InChI=1S/C20H13ClN2S/c21-16-8-5-13(6-9-16)11-15(12-22)20-23-19-17-4-2-1-3-14(17)7-10-18(19)24-20/h1-6,8-9,11H,7,10H2/b15-11+. The fourth-order valence-corrected chi connectivity index (χ4v) is 4.10. The molecule has 3 aromatic rings. The van der Waals surface area contributed by atoms with Gasteiger partial charge in [0.2, 0.25) is 0 Å². The molecule has 4 heteroatoms. The van der Waals surface area contributed by atoms with Gasteiger partial charge in [-0.1, -0.05) is 48.0 Å². The molecule has 0 saturated heterocycles. The third kappa shape index (κ3) is 2.75. The van der Waals surface area contributed by atoms with E-state index in [-0.39, 0.29) is 0 Å². The van der Waals surface area contributed by atoms with Gasteiger partial charge in [-0.05, 0) is 42.2 Å². The van der Waals surface area contributed by atoms with Crippen LogP contribution in [0, 0.1) is 11.3 Å². The molecule has 0 atom stereocenters. The Hall–Kier alpha value is -2.41. The van der Waals surface area contributed by atoms with Gasteiger partial charge in [-0.2, -0.15) is 5.26 Å². The number of rotatable bonds is 2. The summed E-state index contributed by atoms with van der Waals surface area (Å²) in [6.45, 7) is 0. The quantitative estimate of drug-likeness (QED) is 0.563. The van der Waals surface area contributed by atoms with E-state index in [0.29, 0.717) is 10.6 Å². The lowest BCUT2D eigenvalue weighted by Crippen LogP contribution is -2.01. The number of aromatic nitrogens is 1. The Morgan fingerprint density at radius 2 is 1.92 bits per heavy atom. The first kappa shape index (κ1) is 15.1. The van der Waals surface area contributed by atoms with Crippen molar-refractivity contribution in [2.45, 2.75) is 12.8 Å². The molecule has 0 aliphatic heterocycles. The van der Waals surface area contributed by atoms with Crippen molar-refractivity contribution in [3.8, 4) is 17.3 Å². The van der Waals surface area contributed by atoms with Crippen LogP contribution >= 0.6 is 22.9 Å². The predicted octanol–water partition coefficient (Wildman–Crippen LogP) is 5.63. The van der Waals surface area contributed by atoms with E-state index in [1.165, 1.54) is 16.0 Å². The Labute approximate surface area is 149 Å². The summed E-state index contributed by atoms with van der Waals surface area (Å²) in [5, 5.41) is 11.0. The Morgan fingerprint density at radius 3 is 2.71 bits per heavy atom. The first-order valence-electron chi connectivity index (χ1n) is 7.70. The van der Waals surface area contributed by atoms with Gasteiger partial charge in [0.1, 0.15) is 11.1 Å². The molecule has 4 rings (SSSR count). The monoisotopic (exact) mass is 348 g/mol. The van der Waals surface area contributed by atoms with Crippen LogP contribution in [-0.4, -0.2) is 4.98 Å². The smallest absolute Gasteiger partial charge is 0.134 e. The maximum Gasteiger partial charge on any atom is 0.134 e. The number of allylic oxidation sites excluding steroid dienone is 1. The number of hydrogen-bond acceptors (Lipinski definition) is 3. The summed E-state index contributed by atoms with van der Waals surface area (Å²) >= 11 is 7.55. The van der Waals surface area contributed by atoms with Crippen LogP contribution in [0.5, 0.6) is 0 Å². The fraction of sp³-hybridized carbons (Fsp3) is 0.100. The number of hydrogen-bond donors (Lipinski definition) is 0. The summed E-state index contributed by atoms with van der Waals surface area (Å²) in [4.78, 5) is 6.04. The molecule has 116 valence electrons. The Morgan fingerprint density at radius 1 is 1.12 bits per heavy atom. The minimum absolute atomic E-state index is 0.592. The molecule has 0 bridgehead atoms. The molecular formula is C20H13ClN2S. The van der Waals surface area contributed by atoms with Gasteiger partial charge >= 0.3 is 0 Å². The van der Waals surface area contributed by atoms with E-state index < -0.39 is 0 Å². The number of aryl methyl sites for hydroxylation is 2. The molecular weight excluding hydrogens is 336 g/mol. The van der Waals surface area contributed by atoms with Crippen molar-refractivity contribution in [1.82, 2.24) is 4.98 Å². The zero-order valence-corrected chi connectivity index (χ0v) is 14.4. The maximum absolute atomic E-state index is 9.57. The van der Waals surface area contributed by atoms with E-state index in [4.69, 9.17) is 16.6 Å². The van der Waals surface area contributed by atoms with Gasteiger partial charge in [0.05, 0.1) is 11.3 Å². The average molecular weight is 349 g/mol. The van der Waals surface area contributed by atoms with E-state index in [2.05, 4.69) is 24.3 Å². The van der Waals surface area contributed by atoms with E-state index in [0.717, 1.165) is 29.1 Å². The normalized spacial score (nSPS) is 13.1. The third-order valence-electron chi connectivity index (χ3n) is 4.12. The number of thiazole rings is 1. The molecule has 2 nitrogen and oxygen atoms in total. The lowest BCUT2D eigenvalue weighted by molar-refractivity contribution is 0.955.